The summed E-state index contributed by atoms with van der Waals surface area (Å²) in [5, 5.41) is 0. The molecule has 0 unspecified atom stereocenters. The quantitative estimate of drug-likeness (QED) is 0.661. The third-order valence-corrected chi connectivity index (χ3v) is 3.61. The fraction of sp³-hybridized carbons (Fsp3) is 1.00. The molecule has 3 heteroatoms. The Bertz CT molecular complexity index is 240. The van der Waals surface area contributed by atoms with Crippen LogP contribution in [0.4, 0.5) is 0 Å². The Morgan fingerprint density at radius 1 is 1.07 bits per heavy atom. The summed E-state index contributed by atoms with van der Waals surface area (Å²) in [6.07, 6.45) is 6.79. The molecule has 0 spiro atoms. The van der Waals surface area contributed by atoms with Crippen LogP contribution >= 0.6 is 0 Å². The molecule has 0 heterocycles. The average Bonchev–Trinajstić information content (AvgIpc) is 1.98. The lowest BCUT2D eigenvalue weighted by Crippen LogP contribution is -2.13. The number of hydrogen-bond donors (Lipinski definition) is 0. The van der Waals surface area contributed by atoms with E-state index in [-0.39, 0.29) is 0 Å². The Morgan fingerprint density at radius 2 is 1.57 bits per heavy atom. The molecule has 0 rings (SSSR count). The van der Waals surface area contributed by atoms with Crippen molar-refractivity contribution in [3.63, 3.8) is 0 Å². The van der Waals surface area contributed by atoms with E-state index in [4.69, 9.17) is 0 Å². The van der Waals surface area contributed by atoms with Crippen LogP contribution < -0.4 is 0 Å². The Morgan fingerprint density at radius 3 is 2.00 bits per heavy atom. The summed E-state index contributed by atoms with van der Waals surface area (Å²) >= 11 is 0. The summed E-state index contributed by atoms with van der Waals surface area (Å²) < 4.78 is 21.9. The molecule has 0 aromatic heterocycles. The van der Waals surface area contributed by atoms with Crippen molar-refractivity contribution in [2.45, 2.75) is 52.9 Å². The lowest BCUT2D eigenvalue weighted by molar-refractivity contribution is 0.295. The maximum atomic E-state index is 10.9. The van der Waals surface area contributed by atoms with Crippen molar-refractivity contribution in [3.8, 4) is 0 Å². The normalized spacial score (nSPS) is 13.1. The first-order chi connectivity index (χ1) is 6.27. The van der Waals surface area contributed by atoms with Gasteiger partial charge in [-0.25, -0.2) is 8.42 Å². The number of rotatable bonds is 7. The van der Waals surface area contributed by atoms with Gasteiger partial charge in [0.05, 0.1) is 0 Å². The van der Waals surface area contributed by atoms with Gasteiger partial charge in [0, 0.05) is 12.0 Å². The molecule has 0 fully saturated rings. The third kappa shape index (κ3) is 8.54. The smallest absolute Gasteiger partial charge is 0.147 e. The maximum Gasteiger partial charge on any atom is 0.147 e. The molecule has 14 heavy (non-hydrogen) atoms. The van der Waals surface area contributed by atoms with Gasteiger partial charge >= 0.3 is 0 Å². The van der Waals surface area contributed by atoms with Crippen molar-refractivity contribution in [1.82, 2.24) is 0 Å². The fourth-order valence-electron chi connectivity index (χ4n) is 1.59. The molecule has 2 nitrogen and oxygen atoms in total. The molecule has 0 saturated carbocycles. The fourth-order valence-corrected chi connectivity index (χ4v) is 2.26. The van der Waals surface area contributed by atoms with Crippen molar-refractivity contribution in [3.05, 3.63) is 0 Å². The van der Waals surface area contributed by atoms with Crippen LogP contribution in [0.15, 0.2) is 0 Å². The highest BCUT2D eigenvalue weighted by molar-refractivity contribution is 7.90. The zero-order chi connectivity index (χ0) is 11.2. The molecular weight excluding hydrogens is 196 g/mol. The van der Waals surface area contributed by atoms with Crippen LogP contribution in [0.25, 0.3) is 0 Å². The van der Waals surface area contributed by atoms with E-state index >= 15 is 0 Å². The lowest BCUT2D eigenvalue weighted by atomic mass is 9.83. The predicted molar refractivity (Wildman–Crippen MR) is 62.3 cm³/mol. The van der Waals surface area contributed by atoms with E-state index in [0.717, 1.165) is 12.8 Å². The summed E-state index contributed by atoms with van der Waals surface area (Å²) in [5.41, 5.74) is 0.306. The molecule has 0 bridgehead atoms. The predicted octanol–water partition coefficient (Wildman–Crippen LogP) is 3.03. The van der Waals surface area contributed by atoms with E-state index in [2.05, 4.69) is 20.8 Å². The lowest BCUT2D eigenvalue weighted by Gasteiger charge is -2.24. The Kier molecular flexibility index (Phi) is 5.72. The SMILES string of the molecule is CCCCC(C)(C)CCCS(C)(=O)=O. The van der Waals surface area contributed by atoms with Gasteiger partial charge in [0.25, 0.3) is 0 Å². The second kappa shape index (κ2) is 5.74. The zero-order valence-electron chi connectivity index (χ0n) is 9.97. The minimum Gasteiger partial charge on any atom is -0.229 e. The number of sulfone groups is 1. The molecule has 0 aromatic carbocycles. The summed E-state index contributed by atoms with van der Waals surface area (Å²) in [7, 11) is -2.77. The van der Waals surface area contributed by atoms with Crippen LogP contribution in [0.5, 0.6) is 0 Å². The van der Waals surface area contributed by atoms with Gasteiger partial charge in [-0.05, 0) is 24.7 Å². The standard InChI is InChI=1S/C11H24O2S/c1-5-6-8-11(2,3)9-7-10-14(4,12)13/h5-10H2,1-4H3. The average molecular weight is 220 g/mol. The molecule has 0 aliphatic carbocycles. The van der Waals surface area contributed by atoms with Gasteiger partial charge in [-0.3, -0.25) is 0 Å². The van der Waals surface area contributed by atoms with E-state index in [9.17, 15) is 8.42 Å². The zero-order valence-corrected chi connectivity index (χ0v) is 10.8. The van der Waals surface area contributed by atoms with E-state index < -0.39 is 9.84 Å². The van der Waals surface area contributed by atoms with Gasteiger partial charge in [0.2, 0.25) is 0 Å². The first-order valence-corrected chi connectivity index (χ1v) is 7.50. The van der Waals surface area contributed by atoms with Gasteiger partial charge < -0.3 is 0 Å². The van der Waals surface area contributed by atoms with Gasteiger partial charge in [-0.1, -0.05) is 33.6 Å². The van der Waals surface area contributed by atoms with Crippen LogP contribution in [0.3, 0.4) is 0 Å². The number of unbranched alkanes of at least 4 members (excludes halogenated alkanes) is 1. The van der Waals surface area contributed by atoms with Crippen molar-refractivity contribution in [2.24, 2.45) is 5.41 Å². The van der Waals surface area contributed by atoms with Crippen LogP contribution in [-0.2, 0) is 9.84 Å². The van der Waals surface area contributed by atoms with Gasteiger partial charge in [0.1, 0.15) is 9.84 Å². The van der Waals surface area contributed by atoms with Gasteiger partial charge in [-0.15, -0.1) is 0 Å². The summed E-state index contributed by atoms with van der Waals surface area (Å²) in [6.45, 7) is 6.64. The highest BCUT2D eigenvalue weighted by Crippen LogP contribution is 2.28. The molecule has 0 aliphatic rings. The van der Waals surface area contributed by atoms with Crippen LogP contribution in [-0.4, -0.2) is 20.4 Å². The van der Waals surface area contributed by atoms with Crippen molar-refractivity contribution >= 4 is 9.84 Å². The summed E-state index contributed by atoms with van der Waals surface area (Å²) in [6, 6.07) is 0. The topological polar surface area (TPSA) is 34.1 Å². The molecular formula is C11H24O2S. The maximum absolute atomic E-state index is 10.9. The van der Waals surface area contributed by atoms with Gasteiger partial charge in [0.15, 0.2) is 0 Å². The van der Waals surface area contributed by atoms with E-state index in [1.807, 2.05) is 0 Å². The first-order valence-electron chi connectivity index (χ1n) is 5.44. The van der Waals surface area contributed by atoms with E-state index in [1.54, 1.807) is 0 Å². The van der Waals surface area contributed by atoms with E-state index in [1.165, 1.54) is 25.5 Å². The Balaban J connectivity index is 3.76. The molecule has 0 radical (unpaired) electrons. The van der Waals surface area contributed by atoms with Crippen LogP contribution in [0.2, 0.25) is 0 Å². The molecule has 0 atom stereocenters. The highest BCUT2D eigenvalue weighted by Gasteiger charge is 2.17. The molecule has 0 amide bonds. The third-order valence-electron chi connectivity index (χ3n) is 2.58. The second-order valence-electron chi connectivity index (χ2n) is 5.00. The molecule has 0 aliphatic heterocycles. The largest absolute Gasteiger partial charge is 0.229 e. The first kappa shape index (κ1) is 13.9. The molecule has 0 saturated heterocycles. The number of hydrogen-bond acceptors (Lipinski definition) is 2. The molecule has 86 valence electrons. The van der Waals surface area contributed by atoms with Crippen molar-refractivity contribution < 1.29 is 8.42 Å². The second-order valence-corrected chi connectivity index (χ2v) is 7.26. The Hall–Kier alpha value is -0.0500. The van der Waals surface area contributed by atoms with Gasteiger partial charge in [-0.2, -0.15) is 0 Å². The van der Waals surface area contributed by atoms with Crippen molar-refractivity contribution in [2.75, 3.05) is 12.0 Å². The van der Waals surface area contributed by atoms with E-state index in [0.29, 0.717) is 11.2 Å². The van der Waals surface area contributed by atoms with Crippen LogP contribution in [0.1, 0.15) is 52.9 Å². The minimum atomic E-state index is -2.77. The monoisotopic (exact) mass is 220 g/mol. The molecule has 0 aromatic rings. The minimum absolute atomic E-state index is 0.306. The molecule has 0 N–H and O–H groups in total. The summed E-state index contributed by atoms with van der Waals surface area (Å²) in [5.74, 6) is 0.336. The Labute approximate surface area is 89.0 Å². The van der Waals surface area contributed by atoms with Crippen LogP contribution in [0, 0.1) is 5.41 Å². The highest BCUT2D eigenvalue weighted by atomic mass is 32.2. The van der Waals surface area contributed by atoms with Crippen molar-refractivity contribution in [1.29, 1.82) is 0 Å². The summed E-state index contributed by atoms with van der Waals surface area (Å²) in [4.78, 5) is 0.